The van der Waals surface area contributed by atoms with Crippen LogP contribution in [0.1, 0.15) is 70.4 Å². The lowest BCUT2D eigenvalue weighted by Crippen LogP contribution is -2.13. The third kappa shape index (κ3) is 10.4. The van der Waals surface area contributed by atoms with Gasteiger partial charge < -0.3 is 4.31 Å². The fourth-order valence-corrected chi connectivity index (χ4v) is 4.51. The van der Waals surface area contributed by atoms with Crippen LogP contribution in [0.4, 0.5) is 0 Å². The van der Waals surface area contributed by atoms with Crippen molar-refractivity contribution in [1.82, 2.24) is 8.61 Å². The minimum absolute atomic E-state index is 0.915. The molecule has 170 valence electrons. The standard InChI is InChI=1S/C27H41N3S/c1-5-7-13-27(22-24(3)4)30-21-20-29(31-30)19-11-9-8-10-12-25-14-16-26(17-15-25)23-28-18-6-2/h7,13-17,22-23H,3,5-6,8-12,18-21H2,1-2,4H3/b13-7-,27-22+,28-23?. The predicted molar refractivity (Wildman–Crippen MR) is 140 cm³/mol. The quantitative estimate of drug-likeness (QED) is 0.132. The topological polar surface area (TPSA) is 18.8 Å². The van der Waals surface area contributed by atoms with E-state index in [0.29, 0.717) is 0 Å². The van der Waals surface area contributed by atoms with E-state index in [4.69, 9.17) is 0 Å². The third-order valence-corrected chi connectivity index (χ3v) is 6.36. The summed E-state index contributed by atoms with van der Waals surface area (Å²) in [5, 5.41) is 0. The van der Waals surface area contributed by atoms with Crippen LogP contribution >= 0.6 is 12.1 Å². The zero-order valence-corrected chi connectivity index (χ0v) is 20.7. The van der Waals surface area contributed by atoms with Crippen LogP contribution in [-0.2, 0) is 6.42 Å². The SMILES string of the molecule is C=C(C)/C=C(\C=C/CC)N1CCN(CCCCCCc2ccc(C=NCCC)cc2)S1. The fraction of sp³-hybridized carbons (Fsp3) is 0.519. The van der Waals surface area contributed by atoms with Crippen molar-refractivity contribution in [2.24, 2.45) is 4.99 Å². The highest BCUT2D eigenvalue weighted by Gasteiger charge is 2.21. The Hall–Kier alpha value is -1.78. The second-order valence-corrected chi connectivity index (χ2v) is 9.40. The van der Waals surface area contributed by atoms with Gasteiger partial charge in [-0.3, -0.25) is 4.99 Å². The smallest absolute Gasteiger partial charge is 0.0481 e. The van der Waals surface area contributed by atoms with E-state index in [2.05, 4.69) is 83.4 Å². The Bertz CT molecular complexity index is 733. The molecule has 0 aromatic heterocycles. The Kier molecular flexibility index (Phi) is 12.4. The molecule has 0 radical (unpaired) electrons. The second kappa shape index (κ2) is 15.1. The van der Waals surface area contributed by atoms with Crippen molar-refractivity contribution in [1.29, 1.82) is 0 Å². The fourth-order valence-electron chi connectivity index (χ4n) is 3.49. The average Bonchev–Trinajstić information content (AvgIpc) is 3.23. The molecule has 1 saturated heterocycles. The summed E-state index contributed by atoms with van der Waals surface area (Å²) >= 11 is 1.88. The number of aliphatic imine (C=N–C) groups is 1. The molecule has 31 heavy (non-hydrogen) atoms. The Labute approximate surface area is 195 Å². The van der Waals surface area contributed by atoms with Crippen LogP contribution in [0.5, 0.6) is 0 Å². The third-order valence-electron chi connectivity index (χ3n) is 5.17. The highest BCUT2D eigenvalue weighted by atomic mass is 32.2. The molecule has 4 heteroatoms. The number of hydrogen-bond acceptors (Lipinski definition) is 4. The van der Waals surface area contributed by atoms with Crippen LogP contribution in [0.25, 0.3) is 0 Å². The predicted octanol–water partition coefficient (Wildman–Crippen LogP) is 7.23. The van der Waals surface area contributed by atoms with Gasteiger partial charge in [0.1, 0.15) is 0 Å². The van der Waals surface area contributed by atoms with Crippen molar-refractivity contribution in [2.75, 3.05) is 26.2 Å². The molecule has 0 saturated carbocycles. The van der Waals surface area contributed by atoms with Gasteiger partial charge in [-0.05, 0) is 62.3 Å². The molecule has 0 amide bonds. The summed E-state index contributed by atoms with van der Waals surface area (Å²) in [6, 6.07) is 8.89. The molecular formula is C27H41N3S. The van der Waals surface area contributed by atoms with E-state index < -0.39 is 0 Å². The lowest BCUT2D eigenvalue weighted by molar-refractivity contribution is 0.464. The summed E-state index contributed by atoms with van der Waals surface area (Å²) in [4.78, 5) is 4.41. The Morgan fingerprint density at radius 2 is 1.87 bits per heavy atom. The van der Waals surface area contributed by atoms with Crippen LogP contribution in [0.2, 0.25) is 0 Å². The van der Waals surface area contributed by atoms with Crippen molar-refractivity contribution >= 4 is 18.3 Å². The Morgan fingerprint density at radius 1 is 1.10 bits per heavy atom. The monoisotopic (exact) mass is 439 g/mol. The van der Waals surface area contributed by atoms with Gasteiger partial charge in [-0.15, -0.1) is 0 Å². The molecule has 1 aromatic carbocycles. The second-order valence-electron chi connectivity index (χ2n) is 8.28. The van der Waals surface area contributed by atoms with E-state index in [1.165, 1.54) is 55.5 Å². The van der Waals surface area contributed by atoms with E-state index in [1.54, 1.807) is 0 Å². The molecule has 0 spiro atoms. The first-order chi connectivity index (χ1) is 15.1. The van der Waals surface area contributed by atoms with Crippen molar-refractivity contribution in [3.8, 4) is 0 Å². The van der Waals surface area contributed by atoms with Crippen LogP contribution < -0.4 is 0 Å². The summed E-state index contributed by atoms with van der Waals surface area (Å²) in [7, 11) is 0. The lowest BCUT2D eigenvalue weighted by atomic mass is 10.0. The van der Waals surface area contributed by atoms with Crippen molar-refractivity contribution in [2.45, 2.75) is 65.7 Å². The first kappa shape index (κ1) is 25.5. The zero-order valence-electron chi connectivity index (χ0n) is 19.9. The molecule has 0 unspecified atom stereocenters. The number of rotatable bonds is 14. The van der Waals surface area contributed by atoms with Crippen LogP contribution in [-0.4, -0.2) is 41.0 Å². The maximum absolute atomic E-state index is 4.41. The van der Waals surface area contributed by atoms with Crippen LogP contribution in [0, 0.1) is 0 Å². The lowest BCUT2D eigenvalue weighted by Gasteiger charge is -2.19. The van der Waals surface area contributed by atoms with Gasteiger partial charge in [0.05, 0.1) is 0 Å². The number of aryl methyl sites for hydroxylation is 1. The first-order valence-corrected chi connectivity index (χ1v) is 12.7. The van der Waals surface area contributed by atoms with Gasteiger partial charge in [0.2, 0.25) is 0 Å². The van der Waals surface area contributed by atoms with Gasteiger partial charge in [-0.25, -0.2) is 4.31 Å². The highest BCUT2D eigenvalue weighted by molar-refractivity contribution is 7.95. The summed E-state index contributed by atoms with van der Waals surface area (Å²) in [5.74, 6) is 0. The molecule has 0 bridgehead atoms. The summed E-state index contributed by atoms with van der Waals surface area (Å²) < 4.78 is 4.91. The molecule has 0 N–H and O–H groups in total. The molecular weight excluding hydrogens is 398 g/mol. The maximum atomic E-state index is 4.41. The van der Waals surface area contributed by atoms with E-state index in [-0.39, 0.29) is 0 Å². The van der Waals surface area contributed by atoms with E-state index in [0.717, 1.165) is 38.0 Å². The van der Waals surface area contributed by atoms with E-state index >= 15 is 0 Å². The number of allylic oxidation sites excluding steroid dienone is 4. The van der Waals surface area contributed by atoms with Crippen molar-refractivity contribution < 1.29 is 0 Å². The van der Waals surface area contributed by atoms with Gasteiger partial charge in [-0.2, -0.15) is 0 Å². The number of nitrogens with zero attached hydrogens (tertiary/aromatic N) is 3. The van der Waals surface area contributed by atoms with Crippen LogP contribution in [0.15, 0.2) is 65.3 Å². The van der Waals surface area contributed by atoms with Gasteiger partial charge in [0.15, 0.2) is 0 Å². The molecule has 1 heterocycles. The highest BCUT2D eigenvalue weighted by Crippen LogP contribution is 2.29. The summed E-state index contributed by atoms with van der Waals surface area (Å²) in [6.07, 6.45) is 17.1. The van der Waals surface area contributed by atoms with E-state index in [1.807, 2.05) is 18.3 Å². The maximum Gasteiger partial charge on any atom is 0.0481 e. The molecule has 0 atom stereocenters. The minimum Gasteiger partial charge on any atom is -0.302 e. The van der Waals surface area contributed by atoms with Gasteiger partial charge >= 0.3 is 0 Å². The molecule has 1 fully saturated rings. The molecule has 2 rings (SSSR count). The number of unbranched alkanes of at least 4 members (excludes halogenated alkanes) is 3. The number of benzene rings is 1. The average molecular weight is 440 g/mol. The molecule has 1 aliphatic rings. The van der Waals surface area contributed by atoms with Gasteiger partial charge in [0, 0.05) is 50.2 Å². The molecule has 1 aromatic rings. The van der Waals surface area contributed by atoms with Crippen LogP contribution in [0.3, 0.4) is 0 Å². The van der Waals surface area contributed by atoms with Crippen molar-refractivity contribution in [3.63, 3.8) is 0 Å². The molecule has 0 aliphatic carbocycles. The summed E-state index contributed by atoms with van der Waals surface area (Å²) in [5.41, 5.74) is 5.02. The summed E-state index contributed by atoms with van der Waals surface area (Å²) in [6.45, 7) is 14.7. The Morgan fingerprint density at radius 3 is 2.58 bits per heavy atom. The number of hydrogen-bond donors (Lipinski definition) is 0. The Balaban J connectivity index is 1.62. The minimum atomic E-state index is 0.915. The molecule has 1 aliphatic heterocycles. The van der Waals surface area contributed by atoms with Crippen molar-refractivity contribution in [3.05, 3.63) is 71.5 Å². The normalized spacial score (nSPS) is 15.6. The molecule has 3 nitrogen and oxygen atoms in total. The van der Waals surface area contributed by atoms with Gasteiger partial charge in [0.25, 0.3) is 0 Å². The van der Waals surface area contributed by atoms with E-state index in [9.17, 15) is 0 Å². The first-order valence-electron chi connectivity index (χ1n) is 12.0. The largest absolute Gasteiger partial charge is 0.302 e. The van der Waals surface area contributed by atoms with Gasteiger partial charge in [-0.1, -0.05) is 69.2 Å². The zero-order chi connectivity index (χ0) is 22.3.